The van der Waals surface area contributed by atoms with Gasteiger partial charge in [-0.25, -0.2) is 0 Å². The van der Waals surface area contributed by atoms with Crippen molar-refractivity contribution in [2.75, 3.05) is 23.3 Å². The van der Waals surface area contributed by atoms with E-state index in [1.54, 1.807) is 18.2 Å². The minimum atomic E-state index is -0.201. The van der Waals surface area contributed by atoms with E-state index in [4.69, 9.17) is 11.6 Å². The standard InChI is InChI=1S/C18H18BrClN2O/c19-13-4-9-16(17(20)12-13)18(23)21-14-5-7-15(8-6-14)22-10-2-1-3-11-22/h4-9,12H,1-3,10-11H2,(H,21,23). The Morgan fingerprint density at radius 1 is 1.04 bits per heavy atom. The van der Waals surface area contributed by atoms with Crippen LogP contribution in [0.3, 0.4) is 0 Å². The van der Waals surface area contributed by atoms with E-state index >= 15 is 0 Å². The number of piperidine rings is 1. The lowest BCUT2D eigenvalue weighted by molar-refractivity contribution is 0.102. The first-order valence-electron chi connectivity index (χ1n) is 7.75. The van der Waals surface area contributed by atoms with Crippen molar-refractivity contribution in [1.82, 2.24) is 0 Å². The average Bonchev–Trinajstić information content (AvgIpc) is 2.56. The second-order valence-electron chi connectivity index (χ2n) is 5.67. The van der Waals surface area contributed by atoms with Crippen molar-refractivity contribution in [3.63, 3.8) is 0 Å². The molecule has 3 rings (SSSR count). The van der Waals surface area contributed by atoms with Crippen LogP contribution in [0, 0.1) is 0 Å². The van der Waals surface area contributed by atoms with Gasteiger partial charge in [-0.2, -0.15) is 0 Å². The molecule has 1 heterocycles. The molecule has 0 spiro atoms. The first-order chi connectivity index (χ1) is 11.1. The van der Waals surface area contributed by atoms with E-state index in [0.717, 1.165) is 23.2 Å². The Balaban J connectivity index is 1.69. The monoisotopic (exact) mass is 392 g/mol. The third-order valence-electron chi connectivity index (χ3n) is 4.02. The number of anilines is 2. The van der Waals surface area contributed by atoms with Gasteiger partial charge in [0, 0.05) is 28.9 Å². The molecule has 1 amide bonds. The summed E-state index contributed by atoms with van der Waals surface area (Å²) >= 11 is 9.46. The number of benzene rings is 2. The number of nitrogens with zero attached hydrogens (tertiary/aromatic N) is 1. The van der Waals surface area contributed by atoms with Crippen molar-refractivity contribution < 1.29 is 4.79 Å². The number of carbonyl (C=O) groups is 1. The molecular formula is C18H18BrClN2O. The van der Waals surface area contributed by atoms with Crippen LogP contribution in [0.15, 0.2) is 46.9 Å². The lowest BCUT2D eigenvalue weighted by Gasteiger charge is -2.28. The Hall–Kier alpha value is -1.52. The topological polar surface area (TPSA) is 32.3 Å². The molecule has 0 unspecified atom stereocenters. The minimum absolute atomic E-state index is 0.201. The van der Waals surface area contributed by atoms with Crippen molar-refractivity contribution in [3.05, 3.63) is 57.5 Å². The Morgan fingerprint density at radius 2 is 1.74 bits per heavy atom. The zero-order valence-corrected chi connectivity index (χ0v) is 15.0. The first-order valence-corrected chi connectivity index (χ1v) is 8.92. The summed E-state index contributed by atoms with van der Waals surface area (Å²) in [5.41, 5.74) is 2.45. The lowest BCUT2D eigenvalue weighted by atomic mass is 10.1. The van der Waals surface area contributed by atoms with E-state index in [0.29, 0.717) is 10.6 Å². The number of hydrogen-bond acceptors (Lipinski definition) is 2. The third-order valence-corrected chi connectivity index (χ3v) is 4.83. The van der Waals surface area contributed by atoms with Gasteiger partial charge in [0.15, 0.2) is 0 Å². The number of carbonyl (C=O) groups excluding carboxylic acids is 1. The van der Waals surface area contributed by atoms with Crippen molar-refractivity contribution in [1.29, 1.82) is 0 Å². The molecule has 1 aliphatic heterocycles. The van der Waals surface area contributed by atoms with Crippen LogP contribution in [0.1, 0.15) is 29.6 Å². The Kier molecular flexibility index (Phi) is 5.23. The fourth-order valence-electron chi connectivity index (χ4n) is 2.78. The van der Waals surface area contributed by atoms with Crippen molar-refractivity contribution in [2.45, 2.75) is 19.3 Å². The highest BCUT2D eigenvalue weighted by molar-refractivity contribution is 9.10. The molecule has 1 saturated heterocycles. The van der Waals surface area contributed by atoms with Crippen LogP contribution in [0.25, 0.3) is 0 Å². The Labute approximate surface area is 149 Å². The highest BCUT2D eigenvalue weighted by Gasteiger charge is 2.13. The minimum Gasteiger partial charge on any atom is -0.372 e. The van der Waals surface area contributed by atoms with Gasteiger partial charge in [-0.3, -0.25) is 4.79 Å². The van der Waals surface area contributed by atoms with Gasteiger partial charge in [-0.15, -0.1) is 0 Å². The number of amides is 1. The van der Waals surface area contributed by atoms with Gasteiger partial charge in [-0.05, 0) is 61.7 Å². The highest BCUT2D eigenvalue weighted by Crippen LogP contribution is 2.24. The van der Waals surface area contributed by atoms with Crippen LogP contribution in [-0.4, -0.2) is 19.0 Å². The average molecular weight is 394 g/mol. The molecule has 1 N–H and O–H groups in total. The number of nitrogens with one attached hydrogen (secondary N) is 1. The van der Waals surface area contributed by atoms with E-state index in [9.17, 15) is 4.79 Å². The Bertz CT molecular complexity index is 697. The summed E-state index contributed by atoms with van der Waals surface area (Å²) in [5.74, 6) is -0.201. The molecule has 5 heteroatoms. The maximum atomic E-state index is 12.3. The normalized spacial score (nSPS) is 14.6. The summed E-state index contributed by atoms with van der Waals surface area (Å²) in [6.45, 7) is 2.22. The van der Waals surface area contributed by atoms with Gasteiger partial charge < -0.3 is 10.2 Å². The quantitative estimate of drug-likeness (QED) is 0.763. The largest absolute Gasteiger partial charge is 0.372 e. The van der Waals surface area contributed by atoms with E-state index in [1.165, 1.54) is 24.9 Å². The number of hydrogen-bond donors (Lipinski definition) is 1. The summed E-state index contributed by atoms with van der Waals surface area (Å²) in [7, 11) is 0. The zero-order valence-electron chi connectivity index (χ0n) is 12.7. The predicted octanol–water partition coefficient (Wildman–Crippen LogP) is 5.35. The summed E-state index contributed by atoms with van der Waals surface area (Å²) in [4.78, 5) is 14.7. The summed E-state index contributed by atoms with van der Waals surface area (Å²) < 4.78 is 0.852. The lowest BCUT2D eigenvalue weighted by Crippen LogP contribution is -2.29. The van der Waals surface area contributed by atoms with Crippen LogP contribution in [0.4, 0.5) is 11.4 Å². The third kappa shape index (κ3) is 4.06. The number of rotatable bonds is 3. The molecule has 0 atom stereocenters. The molecule has 0 radical (unpaired) electrons. The molecule has 3 nitrogen and oxygen atoms in total. The summed E-state index contributed by atoms with van der Waals surface area (Å²) in [6, 6.07) is 13.2. The van der Waals surface area contributed by atoms with Crippen molar-refractivity contribution in [3.8, 4) is 0 Å². The molecule has 0 bridgehead atoms. The molecular weight excluding hydrogens is 376 g/mol. The van der Waals surface area contributed by atoms with Crippen molar-refractivity contribution in [2.24, 2.45) is 0 Å². The van der Waals surface area contributed by atoms with E-state index in [-0.39, 0.29) is 5.91 Å². The van der Waals surface area contributed by atoms with Gasteiger partial charge in [0.25, 0.3) is 5.91 Å². The SMILES string of the molecule is O=C(Nc1ccc(N2CCCCC2)cc1)c1ccc(Br)cc1Cl. The maximum absolute atomic E-state index is 12.3. The Morgan fingerprint density at radius 3 is 2.39 bits per heavy atom. The molecule has 2 aromatic carbocycles. The van der Waals surface area contributed by atoms with Gasteiger partial charge in [-0.1, -0.05) is 27.5 Å². The summed E-state index contributed by atoms with van der Waals surface area (Å²) in [6.07, 6.45) is 3.82. The predicted molar refractivity (Wildman–Crippen MR) is 99.6 cm³/mol. The van der Waals surface area contributed by atoms with Gasteiger partial charge >= 0.3 is 0 Å². The molecule has 0 aliphatic carbocycles. The van der Waals surface area contributed by atoms with Gasteiger partial charge in [0.1, 0.15) is 0 Å². The molecule has 0 saturated carbocycles. The molecule has 1 aliphatic rings. The van der Waals surface area contributed by atoms with Crippen LogP contribution in [0.2, 0.25) is 5.02 Å². The van der Waals surface area contributed by atoms with Crippen molar-refractivity contribution >= 4 is 44.8 Å². The fourth-order valence-corrected chi connectivity index (χ4v) is 3.54. The summed E-state index contributed by atoms with van der Waals surface area (Å²) in [5, 5.41) is 3.32. The molecule has 23 heavy (non-hydrogen) atoms. The molecule has 0 aromatic heterocycles. The van der Waals surface area contributed by atoms with E-state index in [1.807, 2.05) is 12.1 Å². The van der Waals surface area contributed by atoms with Crippen LogP contribution >= 0.6 is 27.5 Å². The molecule has 120 valence electrons. The van der Waals surface area contributed by atoms with E-state index < -0.39 is 0 Å². The second kappa shape index (κ2) is 7.37. The van der Waals surface area contributed by atoms with Crippen LogP contribution in [-0.2, 0) is 0 Å². The fraction of sp³-hybridized carbons (Fsp3) is 0.278. The molecule has 2 aromatic rings. The second-order valence-corrected chi connectivity index (χ2v) is 7.00. The van der Waals surface area contributed by atoms with Gasteiger partial charge in [0.2, 0.25) is 0 Å². The van der Waals surface area contributed by atoms with Crippen LogP contribution in [0.5, 0.6) is 0 Å². The van der Waals surface area contributed by atoms with Crippen LogP contribution < -0.4 is 10.2 Å². The molecule has 1 fully saturated rings. The maximum Gasteiger partial charge on any atom is 0.257 e. The van der Waals surface area contributed by atoms with Gasteiger partial charge in [0.05, 0.1) is 10.6 Å². The van der Waals surface area contributed by atoms with E-state index in [2.05, 4.69) is 38.3 Å². The number of halogens is 2. The zero-order chi connectivity index (χ0) is 16.2. The highest BCUT2D eigenvalue weighted by atomic mass is 79.9. The smallest absolute Gasteiger partial charge is 0.257 e. The first kappa shape index (κ1) is 16.3.